The van der Waals surface area contributed by atoms with E-state index in [1.54, 1.807) is 0 Å². The zero-order valence-corrected chi connectivity index (χ0v) is 13.1. The Kier molecular flexibility index (Phi) is 11.3. The molecule has 21 heavy (non-hydrogen) atoms. The van der Waals surface area contributed by atoms with Gasteiger partial charge in [-0.15, -0.1) is 11.8 Å². The maximum Gasteiger partial charge on any atom is 0.328 e. The zero-order valence-electron chi connectivity index (χ0n) is 12.3. The number of aliphatic hydroxyl groups excluding tert-OH is 1. The van der Waals surface area contributed by atoms with Gasteiger partial charge in [0.1, 0.15) is 11.2 Å². The summed E-state index contributed by atoms with van der Waals surface area (Å²) in [4.78, 5) is 37.7. The van der Waals surface area contributed by atoms with E-state index in [2.05, 4.69) is 9.97 Å². The highest BCUT2D eigenvalue weighted by atomic mass is 32.2. The van der Waals surface area contributed by atoms with Crippen LogP contribution in [-0.2, 0) is 4.79 Å². The maximum atomic E-state index is 11.6. The van der Waals surface area contributed by atoms with Crippen molar-refractivity contribution in [1.82, 2.24) is 9.97 Å². The van der Waals surface area contributed by atoms with Crippen LogP contribution < -0.4 is 16.0 Å². The number of nitrogens with one attached hydrogen (secondary N) is 2. The molecule has 7 nitrogen and oxygen atoms in total. The molecular formula is C13H22N2O5S. The molecule has 0 spiro atoms. The summed E-state index contributed by atoms with van der Waals surface area (Å²) in [6, 6.07) is 0. The second-order valence-corrected chi connectivity index (χ2v) is 4.71. The lowest BCUT2D eigenvalue weighted by molar-refractivity contribution is -0.105. The van der Waals surface area contributed by atoms with Crippen LogP contribution in [-0.4, -0.2) is 40.3 Å². The molecule has 1 aromatic heterocycles. The van der Waals surface area contributed by atoms with E-state index in [4.69, 9.17) is 9.84 Å². The minimum absolute atomic E-state index is 0.0876. The Morgan fingerprint density at radius 2 is 1.90 bits per heavy atom. The molecule has 0 amide bonds. The Balaban J connectivity index is 0.00000191. The smallest absolute Gasteiger partial charge is 0.328 e. The van der Waals surface area contributed by atoms with Gasteiger partial charge >= 0.3 is 5.69 Å². The summed E-state index contributed by atoms with van der Waals surface area (Å²) in [7, 11) is 0. The van der Waals surface area contributed by atoms with Crippen molar-refractivity contribution in [3.05, 3.63) is 20.8 Å². The average molecular weight is 318 g/mol. The van der Waals surface area contributed by atoms with Gasteiger partial charge in [-0.05, 0) is 19.3 Å². The molecule has 0 bridgehead atoms. The van der Waals surface area contributed by atoms with Crippen LogP contribution in [0.1, 0.15) is 33.1 Å². The molecule has 0 saturated heterocycles. The molecule has 0 fully saturated rings. The Morgan fingerprint density at radius 1 is 1.19 bits per heavy atom. The lowest BCUT2D eigenvalue weighted by Crippen LogP contribution is -2.25. The van der Waals surface area contributed by atoms with Crippen molar-refractivity contribution in [2.45, 2.75) is 38.0 Å². The number of aromatic amines is 2. The van der Waals surface area contributed by atoms with E-state index in [1.165, 1.54) is 0 Å². The number of aromatic nitrogens is 2. The lowest BCUT2D eigenvalue weighted by atomic mass is 10.2. The summed E-state index contributed by atoms with van der Waals surface area (Å²) in [5.41, 5.74) is -1.22. The number of carbonyl (C=O) groups is 1. The number of ether oxygens (including phenoxy) is 1. The van der Waals surface area contributed by atoms with Crippen LogP contribution in [0.25, 0.3) is 0 Å². The molecule has 1 heterocycles. The summed E-state index contributed by atoms with van der Waals surface area (Å²) >= 11 is 1.00. The minimum Gasteiger partial charge on any atom is -0.478 e. The molecule has 0 aliphatic heterocycles. The second-order valence-electron chi connectivity index (χ2n) is 3.68. The van der Waals surface area contributed by atoms with E-state index in [9.17, 15) is 14.4 Å². The highest BCUT2D eigenvalue weighted by Gasteiger charge is 2.11. The van der Waals surface area contributed by atoms with E-state index in [0.29, 0.717) is 25.7 Å². The van der Waals surface area contributed by atoms with Crippen LogP contribution in [0, 0.1) is 0 Å². The average Bonchev–Trinajstić information content (AvgIpc) is 2.48. The first kappa shape index (κ1) is 19.5. The fraction of sp³-hybridized carbons (Fsp3) is 0.615. The van der Waals surface area contributed by atoms with Crippen molar-refractivity contribution >= 4 is 18.0 Å². The SMILES string of the molecule is CC.O=CCSc1c(OCCCCCO)[nH]c(=O)[nH]c1=O. The van der Waals surface area contributed by atoms with E-state index < -0.39 is 11.2 Å². The molecule has 0 atom stereocenters. The van der Waals surface area contributed by atoms with E-state index in [0.717, 1.165) is 18.2 Å². The molecule has 0 radical (unpaired) electrons. The standard InChI is InChI=1S/C11H16N2O5S.C2H6/c14-4-2-1-3-6-18-10-8(19-7-5-15)9(16)12-11(17)13-10;1-2/h5,14H,1-4,6-7H2,(H2,12,13,16,17);1-2H3. The number of hydrogen-bond acceptors (Lipinski definition) is 6. The van der Waals surface area contributed by atoms with Gasteiger partial charge in [0.15, 0.2) is 0 Å². The van der Waals surface area contributed by atoms with Crippen LogP contribution in [0.3, 0.4) is 0 Å². The summed E-state index contributed by atoms with van der Waals surface area (Å²) in [5.74, 6) is 0.195. The van der Waals surface area contributed by atoms with Crippen molar-refractivity contribution in [1.29, 1.82) is 0 Å². The fourth-order valence-corrected chi connectivity index (χ4v) is 2.03. The molecule has 0 aliphatic carbocycles. The van der Waals surface area contributed by atoms with E-state index in [1.807, 2.05) is 13.8 Å². The lowest BCUT2D eigenvalue weighted by Gasteiger charge is -2.08. The largest absolute Gasteiger partial charge is 0.478 e. The van der Waals surface area contributed by atoms with Crippen molar-refractivity contribution in [2.24, 2.45) is 0 Å². The molecular weight excluding hydrogens is 296 g/mol. The van der Waals surface area contributed by atoms with Crippen molar-refractivity contribution in [2.75, 3.05) is 19.0 Å². The molecule has 0 saturated carbocycles. The number of aliphatic hydroxyl groups is 1. The molecule has 1 aromatic rings. The van der Waals surface area contributed by atoms with Crippen LogP contribution in [0.2, 0.25) is 0 Å². The van der Waals surface area contributed by atoms with Crippen molar-refractivity contribution < 1.29 is 14.6 Å². The van der Waals surface area contributed by atoms with Gasteiger partial charge in [0.05, 0.1) is 12.4 Å². The first-order valence-electron chi connectivity index (χ1n) is 6.85. The first-order valence-corrected chi connectivity index (χ1v) is 7.84. The number of H-pyrrole nitrogens is 2. The molecule has 1 rings (SSSR count). The second kappa shape index (κ2) is 12.2. The van der Waals surface area contributed by atoms with Crippen molar-refractivity contribution in [3.8, 4) is 5.88 Å². The van der Waals surface area contributed by atoms with Gasteiger partial charge < -0.3 is 14.6 Å². The molecule has 120 valence electrons. The van der Waals surface area contributed by atoms with E-state index >= 15 is 0 Å². The van der Waals surface area contributed by atoms with Gasteiger partial charge in [-0.25, -0.2) is 4.79 Å². The normalized spacial score (nSPS) is 9.67. The predicted molar refractivity (Wildman–Crippen MR) is 82.3 cm³/mol. The Labute approximate surface area is 127 Å². The molecule has 8 heteroatoms. The summed E-state index contributed by atoms with van der Waals surface area (Å²) < 4.78 is 5.35. The summed E-state index contributed by atoms with van der Waals surface area (Å²) in [5, 5.41) is 8.63. The van der Waals surface area contributed by atoms with Gasteiger partial charge in [0, 0.05) is 6.61 Å². The third-order valence-electron chi connectivity index (χ3n) is 2.21. The van der Waals surface area contributed by atoms with Gasteiger partial charge in [-0.2, -0.15) is 0 Å². The van der Waals surface area contributed by atoms with Crippen LogP contribution in [0.4, 0.5) is 0 Å². The molecule has 0 aromatic carbocycles. The predicted octanol–water partition coefficient (Wildman–Crippen LogP) is 0.922. The van der Waals surface area contributed by atoms with Crippen LogP contribution in [0.15, 0.2) is 14.5 Å². The van der Waals surface area contributed by atoms with Crippen LogP contribution >= 0.6 is 11.8 Å². The molecule has 3 N–H and O–H groups in total. The third-order valence-corrected chi connectivity index (χ3v) is 3.17. The van der Waals surface area contributed by atoms with Gasteiger partial charge in [-0.3, -0.25) is 14.8 Å². The Morgan fingerprint density at radius 3 is 2.52 bits per heavy atom. The van der Waals surface area contributed by atoms with Crippen molar-refractivity contribution in [3.63, 3.8) is 0 Å². The topological polar surface area (TPSA) is 112 Å². The summed E-state index contributed by atoms with van der Waals surface area (Å²) in [6.45, 7) is 4.45. The number of hydrogen-bond donors (Lipinski definition) is 3. The fourth-order valence-electron chi connectivity index (χ4n) is 1.37. The summed E-state index contributed by atoms with van der Waals surface area (Å²) in [6.07, 6.45) is 2.84. The highest BCUT2D eigenvalue weighted by molar-refractivity contribution is 8.00. The van der Waals surface area contributed by atoms with Crippen LogP contribution in [0.5, 0.6) is 5.88 Å². The molecule has 0 aliphatic rings. The van der Waals surface area contributed by atoms with Gasteiger partial charge in [0.2, 0.25) is 5.88 Å². The number of rotatable bonds is 9. The number of aldehydes is 1. The van der Waals surface area contributed by atoms with E-state index in [-0.39, 0.29) is 23.1 Å². The third kappa shape index (κ3) is 7.72. The maximum absolute atomic E-state index is 11.6. The van der Waals surface area contributed by atoms with Gasteiger partial charge in [-0.1, -0.05) is 13.8 Å². The number of thioether (sulfide) groups is 1. The molecule has 0 unspecified atom stereocenters. The first-order chi connectivity index (χ1) is 10.2. The Bertz CT molecular complexity index is 512. The Hall–Kier alpha value is -1.54. The quantitative estimate of drug-likeness (QED) is 0.354. The minimum atomic E-state index is -0.647. The highest BCUT2D eigenvalue weighted by Crippen LogP contribution is 2.21. The zero-order chi connectivity index (χ0) is 16.1. The number of unbranched alkanes of at least 4 members (excludes halogenated alkanes) is 2. The monoisotopic (exact) mass is 318 g/mol. The van der Waals surface area contributed by atoms with Gasteiger partial charge in [0.25, 0.3) is 5.56 Å². The number of carbonyl (C=O) groups excluding carboxylic acids is 1.